The molecule has 2 aliphatic rings. The molecule has 0 radical (unpaired) electrons. The van der Waals surface area contributed by atoms with E-state index in [1.54, 1.807) is 0 Å². The van der Waals surface area contributed by atoms with Crippen molar-refractivity contribution in [2.75, 3.05) is 4.90 Å². The molecule has 264 valence electrons. The van der Waals surface area contributed by atoms with Crippen LogP contribution in [0, 0.1) is 0 Å². The summed E-state index contributed by atoms with van der Waals surface area (Å²) in [6.45, 7) is 2.98. The molecule has 56 heavy (non-hydrogen) atoms. The molecule has 3 heterocycles. The summed E-state index contributed by atoms with van der Waals surface area (Å²) in [4.78, 5) is 2.30. The Morgan fingerprint density at radius 2 is 0.946 bits per heavy atom. The van der Waals surface area contributed by atoms with E-state index in [4.69, 9.17) is 0 Å². The minimum absolute atomic E-state index is 0.0606. The van der Waals surface area contributed by atoms with Crippen molar-refractivity contribution in [2.45, 2.75) is 13.5 Å². The van der Waals surface area contributed by atoms with Crippen molar-refractivity contribution in [2.24, 2.45) is 0 Å². The van der Waals surface area contributed by atoms with Crippen LogP contribution in [0.2, 0.25) is 0 Å². The Morgan fingerprint density at radius 1 is 0.464 bits per heavy atom. The molecular weight excluding hydrogens is 697 g/mol. The van der Waals surface area contributed by atoms with Crippen molar-refractivity contribution in [1.82, 2.24) is 4.57 Å². The molecule has 1 unspecified atom stereocenters. The van der Waals surface area contributed by atoms with Gasteiger partial charge in [0.25, 0.3) is 0 Å². The van der Waals surface area contributed by atoms with E-state index < -0.39 is 7.14 Å². The molecule has 1 atom stereocenters. The minimum Gasteiger partial charge on any atom is -0.341 e. The fourth-order valence-corrected chi connectivity index (χ4v) is 13.5. The quantitative estimate of drug-likeness (QED) is 0.143. The Bertz CT molecular complexity index is 2980. The first-order valence-corrected chi connectivity index (χ1v) is 21.3. The lowest BCUT2D eigenvalue weighted by atomic mass is 9.33. The Labute approximate surface area is 328 Å². The zero-order chi connectivity index (χ0) is 37.4. The van der Waals surface area contributed by atoms with E-state index in [2.05, 4.69) is 211 Å². The molecule has 2 aliphatic heterocycles. The Hall–Kier alpha value is -6.28. The van der Waals surface area contributed by atoms with Gasteiger partial charge in [0, 0.05) is 61.3 Å². The predicted molar refractivity (Wildman–Crippen MR) is 241 cm³/mol. The van der Waals surface area contributed by atoms with Crippen molar-refractivity contribution < 1.29 is 4.57 Å². The van der Waals surface area contributed by atoms with Crippen LogP contribution in [0.5, 0.6) is 0 Å². The second-order valence-corrected chi connectivity index (χ2v) is 17.6. The number of aryl methyl sites for hydroxylation is 1. The standard InChI is InChI=1S/C50H37B2N2OP/c1-2-53-46-25-12-9-20-40(46)41-33-30-36(34-47(41)53)52-43-22-11-14-27-49(43)56(55)48-26-13-10-21-42(48)51(44-23-15-24-45(52)50(44)56)35-28-31-39(32-29-35)54(37-16-5-3-6-17-37)38-18-7-4-8-19-38/h3-34H,2H2,1H3. The number of hydrogen-bond donors (Lipinski definition) is 0. The van der Waals surface area contributed by atoms with Gasteiger partial charge in [0.15, 0.2) is 7.14 Å². The molecule has 1 aromatic heterocycles. The molecule has 0 saturated heterocycles. The number of fused-ring (bicyclic) bond motifs is 7. The van der Waals surface area contributed by atoms with Gasteiger partial charge in [0.05, 0.1) is 0 Å². The van der Waals surface area contributed by atoms with Gasteiger partial charge in [-0.15, -0.1) is 0 Å². The molecular formula is C50H37B2N2OP. The maximum atomic E-state index is 16.4. The number of rotatable bonds is 6. The van der Waals surface area contributed by atoms with E-state index in [9.17, 15) is 0 Å². The number of anilines is 3. The fraction of sp³-hybridized carbons (Fsp3) is 0.0400. The average molecular weight is 734 g/mol. The molecule has 0 aliphatic carbocycles. The molecule has 11 rings (SSSR count). The summed E-state index contributed by atoms with van der Waals surface area (Å²) >= 11 is 0. The van der Waals surface area contributed by atoms with E-state index in [1.165, 1.54) is 32.7 Å². The van der Waals surface area contributed by atoms with Gasteiger partial charge in [0.1, 0.15) is 0 Å². The highest BCUT2D eigenvalue weighted by Gasteiger charge is 2.50. The van der Waals surface area contributed by atoms with Crippen molar-refractivity contribution in [1.29, 1.82) is 0 Å². The van der Waals surface area contributed by atoms with Gasteiger partial charge >= 0.3 is 0 Å². The van der Waals surface area contributed by atoms with Gasteiger partial charge < -0.3 is 14.0 Å². The van der Waals surface area contributed by atoms with Crippen LogP contribution in [0.25, 0.3) is 21.8 Å². The van der Waals surface area contributed by atoms with Crippen LogP contribution in [0.3, 0.4) is 0 Å². The first-order chi connectivity index (χ1) is 27.6. The van der Waals surface area contributed by atoms with Crippen molar-refractivity contribution in [3.8, 4) is 0 Å². The maximum Gasteiger partial charge on any atom is 0.243 e. The van der Waals surface area contributed by atoms with E-state index in [0.717, 1.165) is 61.4 Å². The Balaban J connectivity index is 1.11. The molecule has 0 fully saturated rings. The number of para-hydroxylation sites is 3. The van der Waals surface area contributed by atoms with Gasteiger partial charge in [-0.3, -0.25) is 0 Å². The van der Waals surface area contributed by atoms with Crippen LogP contribution in [0.15, 0.2) is 194 Å². The van der Waals surface area contributed by atoms with E-state index >= 15 is 4.57 Å². The Morgan fingerprint density at radius 3 is 1.57 bits per heavy atom. The van der Waals surface area contributed by atoms with Crippen LogP contribution in [0.1, 0.15) is 6.92 Å². The van der Waals surface area contributed by atoms with E-state index in [-0.39, 0.29) is 13.4 Å². The van der Waals surface area contributed by atoms with E-state index in [0.29, 0.717) is 0 Å². The molecule has 0 spiro atoms. The second kappa shape index (κ2) is 12.9. The first kappa shape index (κ1) is 33.1. The van der Waals surface area contributed by atoms with Gasteiger partial charge in [0.2, 0.25) is 13.4 Å². The van der Waals surface area contributed by atoms with Crippen LogP contribution in [-0.2, 0) is 11.1 Å². The zero-order valence-corrected chi connectivity index (χ0v) is 32.0. The van der Waals surface area contributed by atoms with Gasteiger partial charge in [-0.2, -0.15) is 0 Å². The second-order valence-electron chi connectivity index (χ2n) is 15.0. The third kappa shape index (κ3) is 4.77. The zero-order valence-electron chi connectivity index (χ0n) is 31.1. The van der Waals surface area contributed by atoms with Gasteiger partial charge in [-0.1, -0.05) is 178 Å². The SMILES string of the molecule is CCn1c2ccccc2c2ccc(B3c4ccccc4P4(=O)c5ccccc5B(c5ccc(N(c6ccccc6)c6ccccc6)cc5)c5cccc3c54)cc21. The molecule has 8 aromatic carbocycles. The van der Waals surface area contributed by atoms with E-state index in [1.807, 2.05) is 0 Å². The number of benzene rings is 8. The van der Waals surface area contributed by atoms with Crippen molar-refractivity contribution in [3.05, 3.63) is 194 Å². The lowest BCUT2D eigenvalue weighted by Gasteiger charge is -2.40. The average Bonchev–Trinajstić information content (AvgIpc) is 3.58. The monoisotopic (exact) mass is 734 g/mol. The summed E-state index contributed by atoms with van der Waals surface area (Å²) in [6.07, 6.45) is 0. The summed E-state index contributed by atoms with van der Waals surface area (Å²) in [5, 5.41) is 5.48. The molecule has 0 amide bonds. The number of aromatic nitrogens is 1. The molecule has 0 bridgehead atoms. The Kier molecular flexibility index (Phi) is 7.63. The van der Waals surface area contributed by atoms with Crippen LogP contribution in [0.4, 0.5) is 17.1 Å². The molecule has 6 heteroatoms. The topological polar surface area (TPSA) is 25.2 Å². The fourth-order valence-electron chi connectivity index (χ4n) is 9.87. The first-order valence-electron chi connectivity index (χ1n) is 19.6. The van der Waals surface area contributed by atoms with Crippen LogP contribution < -0.4 is 53.6 Å². The normalized spacial score (nSPS) is 15.4. The highest BCUT2D eigenvalue weighted by Crippen LogP contribution is 2.44. The summed E-state index contributed by atoms with van der Waals surface area (Å²) in [5.41, 5.74) is 12.8. The summed E-state index contributed by atoms with van der Waals surface area (Å²) in [5.74, 6) is 0. The minimum atomic E-state index is -3.24. The number of hydrogen-bond acceptors (Lipinski definition) is 2. The third-order valence-electron chi connectivity index (χ3n) is 12.2. The van der Waals surface area contributed by atoms with Crippen LogP contribution >= 0.6 is 7.14 Å². The van der Waals surface area contributed by atoms with Crippen molar-refractivity contribution >= 4 is 108 Å². The van der Waals surface area contributed by atoms with Gasteiger partial charge in [-0.25, -0.2) is 0 Å². The lowest BCUT2D eigenvalue weighted by Crippen LogP contribution is -2.74. The molecule has 0 N–H and O–H groups in total. The predicted octanol–water partition coefficient (Wildman–Crippen LogP) is 6.58. The molecule has 0 saturated carbocycles. The highest BCUT2D eigenvalue weighted by molar-refractivity contribution is 7.88. The summed E-state index contributed by atoms with van der Waals surface area (Å²) in [7, 11) is -3.24. The lowest BCUT2D eigenvalue weighted by molar-refractivity contribution is 0.592. The van der Waals surface area contributed by atoms with Crippen LogP contribution in [-0.4, -0.2) is 18.0 Å². The summed E-state index contributed by atoms with van der Waals surface area (Å²) in [6, 6.07) is 69.5. The summed E-state index contributed by atoms with van der Waals surface area (Å²) < 4.78 is 18.8. The highest BCUT2D eigenvalue weighted by atomic mass is 31.2. The smallest absolute Gasteiger partial charge is 0.243 e. The largest absolute Gasteiger partial charge is 0.341 e. The number of nitrogens with zero attached hydrogens (tertiary/aromatic N) is 2. The maximum absolute atomic E-state index is 16.4. The van der Waals surface area contributed by atoms with Crippen molar-refractivity contribution in [3.63, 3.8) is 0 Å². The van der Waals surface area contributed by atoms with Gasteiger partial charge in [-0.05, 0) is 55.5 Å². The third-order valence-corrected chi connectivity index (χ3v) is 15.5. The molecule has 9 aromatic rings. The molecule has 3 nitrogen and oxygen atoms in total.